The Morgan fingerprint density at radius 3 is 2.43 bits per heavy atom. The molecule has 1 aromatic carbocycles. The van der Waals surface area contributed by atoms with Crippen molar-refractivity contribution in [2.45, 2.75) is 18.9 Å². The van der Waals surface area contributed by atoms with E-state index in [1.807, 2.05) is 0 Å². The quantitative estimate of drug-likeness (QED) is 0.872. The van der Waals surface area contributed by atoms with Crippen LogP contribution in [0.15, 0.2) is 35.3 Å². The third kappa shape index (κ3) is 2.25. The van der Waals surface area contributed by atoms with Crippen LogP contribution < -0.4 is 5.32 Å². The fraction of sp³-hybridized carbons (Fsp3) is 0.333. The van der Waals surface area contributed by atoms with Crippen LogP contribution in [0.5, 0.6) is 0 Å². The SMILES string of the molecule is C=C(Br)CNC1Cc2ccccc2C1. The number of rotatable bonds is 3. The second-order valence-electron chi connectivity index (χ2n) is 3.77. The van der Waals surface area contributed by atoms with Crippen LogP contribution in [0, 0.1) is 0 Å². The van der Waals surface area contributed by atoms with Crippen LogP contribution in [0.25, 0.3) is 0 Å². The Kier molecular flexibility index (Phi) is 3.04. The van der Waals surface area contributed by atoms with Gasteiger partial charge in [-0.15, -0.1) is 0 Å². The van der Waals surface area contributed by atoms with Gasteiger partial charge in [0.1, 0.15) is 0 Å². The van der Waals surface area contributed by atoms with Gasteiger partial charge in [0.15, 0.2) is 0 Å². The molecule has 1 aromatic rings. The van der Waals surface area contributed by atoms with E-state index in [1.165, 1.54) is 11.1 Å². The van der Waals surface area contributed by atoms with Crippen molar-refractivity contribution in [1.82, 2.24) is 5.32 Å². The van der Waals surface area contributed by atoms with E-state index in [2.05, 4.69) is 52.1 Å². The lowest BCUT2D eigenvalue weighted by atomic mass is 10.1. The Morgan fingerprint density at radius 2 is 1.93 bits per heavy atom. The highest BCUT2D eigenvalue weighted by molar-refractivity contribution is 9.11. The van der Waals surface area contributed by atoms with Crippen molar-refractivity contribution in [3.8, 4) is 0 Å². The molecule has 0 saturated carbocycles. The van der Waals surface area contributed by atoms with Crippen molar-refractivity contribution in [3.05, 3.63) is 46.5 Å². The molecular formula is C12H14BrN. The molecule has 0 radical (unpaired) electrons. The van der Waals surface area contributed by atoms with E-state index >= 15 is 0 Å². The summed E-state index contributed by atoms with van der Waals surface area (Å²) in [4.78, 5) is 0. The summed E-state index contributed by atoms with van der Waals surface area (Å²) >= 11 is 3.36. The van der Waals surface area contributed by atoms with Gasteiger partial charge in [-0.2, -0.15) is 0 Å². The van der Waals surface area contributed by atoms with Crippen LogP contribution in [-0.2, 0) is 12.8 Å². The predicted octanol–water partition coefficient (Wildman–Crippen LogP) is 2.65. The molecule has 0 fully saturated rings. The minimum absolute atomic E-state index is 0.585. The monoisotopic (exact) mass is 251 g/mol. The molecule has 1 N–H and O–H groups in total. The largest absolute Gasteiger partial charge is 0.309 e. The Hall–Kier alpha value is -0.600. The molecule has 0 bridgehead atoms. The maximum Gasteiger partial charge on any atom is 0.0268 e. The Labute approximate surface area is 93.3 Å². The highest BCUT2D eigenvalue weighted by atomic mass is 79.9. The molecule has 1 nitrogen and oxygen atoms in total. The molecule has 74 valence electrons. The molecule has 0 spiro atoms. The van der Waals surface area contributed by atoms with Crippen LogP contribution in [0.1, 0.15) is 11.1 Å². The first-order valence-corrected chi connectivity index (χ1v) is 5.68. The average Bonchev–Trinajstić information content (AvgIpc) is 2.57. The molecule has 0 amide bonds. The van der Waals surface area contributed by atoms with Gasteiger partial charge in [-0.05, 0) is 24.0 Å². The molecule has 2 heteroatoms. The standard InChI is InChI=1S/C12H14BrN/c1-9(13)8-14-12-6-10-4-2-3-5-11(10)7-12/h2-5,12,14H,1,6-8H2. The van der Waals surface area contributed by atoms with Crippen molar-refractivity contribution < 1.29 is 0 Å². The summed E-state index contributed by atoms with van der Waals surface area (Å²) in [5.41, 5.74) is 2.98. The molecule has 2 rings (SSSR count). The van der Waals surface area contributed by atoms with E-state index in [-0.39, 0.29) is 0 Å². The Balaban J connectivity index is 1.95. The summed E-state index contributed by atoms with van der Waals surface area (Å²) in [7, 11) is 0. The molecule has 0 unspecified atom stereocenters. The normalized spacial score (nSPS) is 15.5. The number of hydrogen-bond acceptors (Lipinski definition) is 1. The fourth-order valence-electron chi connectivity index (χ4n) is 1.96. The Morgan fingerprint density at radius 1 is 1.36 bits per heavy atom. The highest BCUT2D eigenvalue weighted by Crippen LogP contribution is 2.21. The van der Waals surface area contributed by atoms with Gasteiger partial charge in [0, 0.05) is 17.1 Å². The van der Waals surface area contributed by atoms with Gasteiger partial charge in [0.25, 0.3) is 0 Å². The van der Waals surface area contributed by atoms with E-state index in [1.54, 1.807) is 0 Å². The maximum absolute atomic E-state index is 3.82. The third-order valence-corrected chi connectivity index (χ3v) is 2.91. The lowest BCUT2D eigenvalue weighted by Gasteiger charge is -2.10. The molecule has 0 heterocycles. The zero-order valence-corrected chi connectivity index (χ0v) is 9.68. The number of hydrogen-bond donors (Lipinski definition) is 1. The lowest BCUT2D eigenvalue weighted by molar-refractivity contribution is 0.565. The maximum atomic E-state index is 3.82. The summed E-state index contributed by atoms with van der Waals surface area (Å²) in [6, 6.07) is 9.26. The fourth-order valence-corrected chi connectivity index (χ4v) is 2.12. The van der Waals surface area contributed by atoms with Gasteiger partial charge in [0.2, 0.25) is 0 Å². The van der Waals surface area contributed by atoms with Crippen LogP contribution in [0.2, 0.25) is 0 Å². The number of benzene rings is 1. The summed E-state index contributed by atoms with van der Waals surface area (Å²) in [6.45, 7) is 4.68. The molecular weight excluding hydrogens is 238 g/mol. The molecule has 0 aromatic heterocycles. The molecule has 0 atom stereocenters. The predicted molar refractivity (Wildman–Crippen MR) is 63.7 cm³/mol. The van der Waals surface area contributed by atoms with Gasteiger partial charge in [-0.25, -0.2) is 0 Å². The van der Waals surface area contributed by atoms with E-state index in [0.29, 0.717) is 6.04 Å². The second-order valence-corrected chi connectivity index (χ2v) is 4.89. The molecule has 0 aliphatic heterocycles. The second kappa shape index (κ2) is 4.28. The molecule has 1 aliphatic carbocycles. The summed E-state index contributed by atoms with van der Waals surface area (Å²) in [5.74, 6) is 0. The average molecular weight is 252 g/mol. The summed E-state index contributed by atoms with van der Waals surface area (Å²) < 4.78 is 1.02. The van der Waals surface area contributed by atoms with Crippen molar-refractivity contribution >= 4 is 15.9 Å². The Bertz CT molecular complexity index is 321. The first-order chi connectivity index (χ1) is 6.75. The minimum Gasteiger partial charge on any atom is -0.309 e. The molecule has 1 aliphatic rings. The first kappa shape index (κ1) is 9.94. The zero-order chi connectivity index (χ0) is 9.97. The van der Waals surface area contributed by atoms with Crippen molar-refractivity contribution in [2.75, 3.05) is 6.54 Å². The van der Waals surface area contributed by atoms with Crippen molar-refractivity contribution in [3.63, 3.8) is 0 Å². The summed E-state index contributed by atoms with van der Waals surface area (Å²) in [5, 5.41) is 3.48. The minimum atomic E-state index is 0.585. The van der Waals surface area contributed by atoms with Crippen LogP contribution in [-0.4, -0.2) is 12.6 Å². The number of nitrogens with one attached hydrogen (secondary N) is 1. The van der Waals surface area contributed by atoms with Crippen molar-refractivity contribution in [2.24, 2.45) is 0 Å². The van der Waals surface area contributed by atoms with E-state index in [0.717, 1.165) is 23.9 Å². The third-order valence-electron chi connectivity index (χ3n) is 2.63. The first-order valence-electron chi connectivity index (χ1n) is 4.89. The van der Waals surface area contributed by atoms with E-state index in [4.69, 9.17) is 0 Å². The van der Waals surface area contributed by atoms with Gasteiger partial charge in [0.05, 0.1) is 0 Å². The van der Waals surface area contributed by atoms with Gasteiger partial charge in [-0.1, -0.05) is 46.8 Å². The van der Waals surface area contributed by atoms with Gasteiger partial charge in [-0.3, -0.25) is 0 Å². The van der Waals surface area contributed by atoms with Crippen LogP contribution >= 0.6 is 15.9 Å². The molecule has 14 heavy (non-hydrogen) atoms. The van der Waals surface area contributed by atoms with Crippen molar-refractivity contribution in [1.29, 1.82) is 0 Å². The van der Waals surface area contributed by atoms with E-state index in [9.17, 15) is 0 Å². The summed E-state index contributed by atoms with van der Waals surface area (Å²) in [6.07, 6.45) is 2.30. The number of fused-ring (bicyclic) bond motifs is 1. The zero-order valence-electron chi connectivity index (χ0n) is 8.09. The van der Waals surface area contributed by atoms with Crippen LogP contribution in [0.4, 0.5) is 0 Å². The van der Waals surface area contributed by atoms with E-state index < -0.39 is 0 Å². The van der Waals surface area contributed by atoms with Gasteiger partial charge < -0.3 is 5.32 Å². The highest BCUT2D eigenvalue weighted by Gasteiger charge is 2.19. The smallest absolute Gasteiger partial charge is 0.0268 e. The van der Waals surface area contributed by atoms with Crippen LogP contribution in [0.3, 0.4) is 0 Å². The molecule has 0 saturated heterocycles. The van der Waals surface area contributed by atoms with Gasteiger partial charge >= 0.3 is 0 Å². The lowest BCUT2D eigenvalue weighted by Crippen LogP contribution is -2.30. The number of halogens is 1. The topological polar surface area (TPSA) is 12.0 Å².